The molecule has 0 aromatic heterocycles. The van der Waals surface area contributed by atoms with Crippen LogP contribution in [0.25, 0.3) is 0 Å². The Hall–Kier alpha value is -3.32. The summed E-state index contributed by atoms with van der Waals surface area (Å²) in [7, 11) is -2.97. The van der Waals surface area contributed by atoms with Crippen molar-refractivity contribution in [1.82, 2.24) is 0 Å². The number of non-ortho nitro benzene ring substituents is 1. The van der Waals surface area contributed by atoms with Crippen LogP contribution in [0.4, 0.5) is 17.1 Å². The predicted octanol–water partition coefficient (Wildman–Crippen LogP) is 0.0602. The molecule has 2 aromatic carbocycles. The van der Waals surface area contributed by atoms with Gasteiger partial charge in [0.05, 0.1) is 23.3 Å². The average molecular weight is 648 g/mol. The van der Waals surface area contributed by atoms with E-state index in [4.69, 9.17) is 9.47 Å². The second-order valence-corrected chi connectivity index (χ2v) is 16.3. The van der Waals surface area contributed by atoms with Gasteiger partial charge in [-0.1, -0.05) is 19.1 Å². The number of benzene rings is 2. The van der Waals surface area contributed by atoms with Crippen molar-refractivity contribution in [2.45, 2.75) is 80.9 Å². The fourth-order valence-electron chi connectivity index (χ4n) is 6.95. The van der Waals surface area contributed by atoms with E-state index in [1.807, 2.05) is 0 Å². The lowest BCUT2D eigenvalue weighted by atomic mass is 9.82. The summed E-state index contributed by atoms with van der Waals surface area (Å²) in [5.74, 6) is -1.97. The highest BCUT2D eigenvalue weighted by molar-refractivity contribution is 6.71. The van der Waals surface area contributed by atoms with Gasteiger partial charge in [-0.15, -0.1) is 0 Å². The van der Waals surface area contributed by atoms with Crippen molar-refractivity contribution in [2.24, 2.45) is 5.92 Å². The van der Waals surface area contributed by atoms with Crippen molar-refractivity contribution in [3.8, 4) is 0 Å². The number of hydrogen-bond donors (Lipinski definition) is 7. The van der Waals surface area contributed by atoms with E-state index in [0.717, 1.165) is 0 Å². The number of anilines is 2. The molecule has 2 fully saturated rings. The quantitative estimate of drug-likeness (QED) is 0.115. The lowest BCUT2D eigenvalue weighted by Crippen LogP contribution is -2.60. The molecule has 2 aromatic rings. The molecule has 0 saturated carbocycles. The average Bonchev–Trinajstić information content (AvgIpc) is 3.40. The molecule has 2 amide bonds. The zero-order chi connectivity index (χ0) is 33.0. The molecular formula is C29H37N3O12Si. The molecule has 5 rings (SSSR count). The topological polar surface area (TPSA) is 232 Å². The molecule has 0 unspecified atom stereocenters. The number of fused-ring (bicyclic) bond motifs is 2. The Morgan fingerprint density at radius 3 is 2.47 bits per heavy atom. The van der Waals surface area contributed by atoms with E-state index in [1.54, 1.807) is 38.2 Å². The molecule has 0 bridgehead atoms. The lowest BCUT2D eigenvalue weighted by molar-refractivity contribution is -0.385. The van der Waals surface area contributed by atoms with Gasteiger partial charge in [-0.3, -0.25) is 19.7 Å². The third kappa shape index (κ3) is 5.66. The molecule has 7 N–H and O–H groups in total. The summed E-state index contributed by atoms with van der Waals surface area (Å²) in [6.45, 7) is 4.96. The van der Waals surface area contributed by atoms with Gasteiger partial charge in [-0.25, -0.2) is 0 Å². The molecular weight excluding hydrogens is 610 g/mol. The van der Waals surface area contributed by atoms with E-state index in [-0.39, 0.29) is 30.9 Å². The number of hydrogen-bond acceptors (Lipinski definition) is 12. The van der Waals surface area contributed by atoms with E-state index in [0.29, 0.717) is 16.8 Å². The number of carbonyl (C=O) groups is 2. The van der Waals surface area contributed by atoms with Crippen molar-refractivity contribution in [1.29, 1.82) is 0 Å². The van der Waals surface area contributed by atoms with E-state index < -0.39 is 78.9 Å². The van der Waals surface area contributed by atoms with Crippen molar-refractivity contribution in [2.75, 3.05) is 16.8 Å². The van der Waals surface area contributed by atoms with Gasteiger partial charge in [-0.2, -0.15) is 0 Å². The molecule has 9 atom stereocenters. The summed E-state index contributed by atoms with van der Waals surface area (Å²) in [5, 5.41) is 63.7. The van der Waals surface area contributed by atoms with E-state index >= 15 is 0 Å². The number of carbonyl (C=O) groups excluding carboxylic acids is 2. The number of amides is 2. The van der Waals surface area contributed by atoms with Crippen molar-refractivity contribution in [3.05, 3.63) is 63.7 Å². The Balaban J connectivity index is 1.46. The molecule has 45 heavy (non-hydrogen) atoms. The van der Waals surface area contributed by atoms with Gasteiger partial charge in [-0.05, 0) is 43.3 Å². The zero-order valence-electron chi connectivity index (χ0n) is 24.8. The first kappa shape index (κ1) is 33.1. The highest BCUT2D eigenvalue weighted by atomic mass is 28.4. The SMILES string of the molecule is C[C@H]1[C@H]([Si](C)(C)O)[C@@H](CCO)O[C@]12C(=O)N(Cc1cccc(NC(=O)[C@H]3O[C@@H](O)[C@H](O)[C@@H](O)[C@@H]3O)c1)c1ccc([N+](=O)[O-])cc12. The first-order valence-corrected chi connectivity index (χ1v) is 17.5. The van der Waals surface area contributed by atoms with Gasteiger partial charge in [0.15, 0.2) is 26.3 Å². The Bertz CT molecular complexity index is 1490. The van der Waals surface area contributed by atoms with Gasteiger partial charge in [0.1, 0.15) is 18.3 Å². The van der Waals surface area contributed by atoms with Gasteiger partial charge in [0.2, 0.25) is 0 Å². The van der Waals surface area contributed by atoms with Crippen molar-refractivity contribution >= 4 is 37.2 Å². The minimum Gasteiger partial charge on any atom is -0.432 e. The number of aliphatic hydroxyl groups excluding tert-OH is 5. The summed E-state index contributed by atoms with van der Waals surface area (Å²) < 4.78 is 11.5. The molecule has 0 aliphatic carbocycles. The molecule has 3 aliphatic rings. The lowest BCUT2D eigenvalue weighted by Gasteiger charge is -2.37. The van der Waals surface area contributed by atoms with Crippen LogP contribution in [0.2, 0.25) is 18.6 Å². The van der Waals surface area contributed by atoms with Crippen LogP contribution in [0.15, 0.2) is 42.5 Å². The van der Waals surface area contributed by atoms with Crippen molar-refractivity contribution < 1.29 is 54.3 Å². The second-order valence-electron chi connectivity index (χ2n) is 12.3. The summed E-state index contributed by atoms with van der Waals surface area (Å²) in [6.07, 6.45) is -9.53. The molecule has 0 radical (unpaired) electrons. The monoisotopic (exact) mass is 647 g/mol. The fourth-order valence-corrected chi connectivity index (χ4v) is 9.56. The maximum atomic E-state index is 14.4. The molecule has 2 saturated heterocycles. The predicted molar refractivity (Wildman–Crippen MR) is 159 cm³/mol. The summed E-state index contributed by atoms with van der Waals surface area (Å²) >= 11 is 0. The number of nitrogens with one attached hydrogen (secondary N) is 1. The van der Waals surface area contributed by atoms with Gasteiger partial charge < -0.3 is 50.0 Å². The Kier molecular flexibility index (Phi) is 8.90. The largest absolute Gasteiger partial charge is 0.432 e. The third-order valence-corrected chi connectivity index (χ3v) is 11.5. The fraction of sp³-hybridized carbons (Fsp3) is 0.517. The highest BCUT2D eigenvalue weighted by Crippen LogP contribution is 2.60. The first-order chi connectivity index (χ1) is 21.1. The number of nitro groups is 1. The molecule has 3 aliphatic heterocycles. The van der Waals surface area contributed by atoms with Crippen LogP contribution >= 0.6 is 0 Å². The number of ether oxygens (including phenoxy) is 2. The number of rotatable bonds is 8. The van der Waals surface area contributed by atoms with Crippen LogP contribution < -0.4 is 10.2 Å². The van der Waals surface area contributed by atoms with Gasteiger partial charge >= 0.3 is 0 Å². The van der Waals surface area contributed by atoms with Crippen LogP contribution in [-0.4, -0.2) is 98.8 Å². The van der Waals surface area contributed by atoms with Crippen molar-refractivity contribution in [3.63, 3.8) is 0 Å². The van der Waals surface area contributed by atoms with Crippen LogP contribution in [0.1, 0.15) is 24.5 Å². The molecule has 3 heterocycles. The number of nitrogens with zero attached hydrogens (tertiary/aromatic N) is 2. The Morgan fingerprint density at radius 2 is 1.82 bits per heavy atom. The normalized spacial score (nSPS) is 33.0. The van der Waals surface area contributed by atoms with Crippen LogP contribution in [-0.2, 0) is 31.2 Å². The van der Waals surface area contributed by atoms with E-state index in [2.05, 4.69) is 5.32 Å². The van der Waals surface area contributed by atoms with Gasteiger partial charge in [0.25, 0.3) is 17.5 Å². The van der Waals surface area contributed by atoms with Crippen LogP contribution in [0.5, 0.6) is 0 Å². The smallest absolute Gasteiger partial charge is 0.269 e. The van der Waals surface area contributed by atoms with Gasteiger partial charge in [0, 0.05) is 41.4 Å². The van der Waals surface area contributed by atoms with E-state index in [9.17, 15) is 50.0 Å². The minimum atomic E-state index is -2.97. The number of aliphatic hydroxyl groups is 5. The minimum absolute atomic E-state index is 0.0351. The Morgan fingerprint density at radius 1 is 1.11 bits per heavy atom. The summed E-state index contributed by atoms with van der Waals surface area (Å²) in [4.78, 5) is 51.1. The molecule has 15 nitrogen and oxygen atoms in total. The highest BCUT2D eigenvalue weighted by Gasteiger charge is 2.66. The zero-order valence-corrected chi connectivity index (χ0v) is 25.8. The van der Waals surface area contributed by atoms with Crippen LogP contribution in [0.3, 0.4) is 0 Å². The first-order valence-electron chi connectivity index (χ1n) is 14.5. The molecule has 1 spiro atoms. The van der Waals surface area contributed by atoms with E-state index in [1.165, 1.54) is 29.2 Å². The standard InChI is InChI=1S/C29H37N3O12Si/c1-14-25(45(2,3)42)20(9-10-33)44-29(14)18-12-17(32(40)41)7-8-19(18)31(28(29)39)13-15-5-4-6-16(11-15)30-26(37)24-22(35)21(34)23(36)27(38)43-24/h4-8,11-12,14,20-25,27,33-36,38,42H,9-10,13H2,1-3H3,(H,30,37)/t14-,20+,21-,22-,23+,24-,25-,27+,29+/m0/s1. The molecule has 16 heteroatoms. The number of nitro benzene ring substituents is 1. The third-order valence-electron chi connectivity index (χ3n) is 8.97. The summed E-state index contributed by atoms with van der Waals surface area (Å²) in [6, 6.07) is 10.5. The Labute approximate surface area is 258 Å². The second kappa shape index (κ2) is 12.1. The summed E-state index contributed by atoms with van der Waals surface area (Å²) in [5.41, 5.74) is -0.899. The molecule has 244 valence electrons. The maximum absolute atomic E-state index is 14.4. The van der Waals surface area contributed by atoms with Crippen LogP contribution in [0, 0.1) is 16.0 Å². The maximum Gasteiger partial charge on any atom is 0.269 e.